The summed E-state index contributed by atoms with van der Waals surface area (Å²) in [5, 5.41) is 21.4. The average molecular weight is 804 g/mol. The summed E-state index contributed by atoms with van der Waals surface area (Å²) in [7, 11) is -2.74. The van der Waals surface area contributed by atoms with E-state index < -0.39 is 26.0 Å². The third-order valence-electron chi connectivity index (χ3n) is 11.2. The lowest BCUT2D eigenvalue weighted by atomic mass is 9.76. The lowest BCUT2D eigenvalue weighted by molar-refractivity contribution is -0.118. The van der Waals surface area contributed by atoms with Gasteiger partial charge in [-0.1, -0.05) is 184 Å². The fourth-order valence-electron chi connectivity index (χ4n) is 8.28. The third kappa shape index (κ3) is 9.91. The van der Waals surface area contributed by atoms with Crippen molar-refractivity contribution in [2.24, 2.45) is 0 Å². The largest absolute Gasteiger partial charge is 0.465 e. The molecule has 2 amide bonds. The van der Waals surface area contributed by atoms with E-state index in [1.165, 1.54) is 15.9 Å². The molecule has 0 saturated carbocycles. The smallest absolute Gasteiger partial charge is 0.405 e. The lowest BCUT2D eigenvalue weighted by Gasteiger charge is -2.43. The maximum atomic E-state index is 13.7. The fourth-order valence-corrected chi connectivity index (χ4v) is 12.8. The van der Waals surface area contributed by atoms with Crippen LogP contribution in [0.3, 0.4) is 0 Å². The molecule has 1 unspecified atom stereocenters. The normalized spacial score (nSPS) is 12.4. The molecule has 7 nitrogen and oxygen atoms in total. The van der Waals surface area contributed by atoms with Crippen LogP contribution in [0.2, 0.25) is 5.04 Å². The highest BCUT2D eigenvalue weighted by Gasteiger charge is 2.50. The number of hydrogen-bond acceptors (Lipinski definition) is 4. The molecule has 0 fully saturated rings. The summed E-state index contributed by atoms with van der Waals surface area (Å²) in [6.45, 7) is 11.9. The first-order valence-electron chi connectivity index (χ1n) is 20.5. The van der Waals surface area contributed by atoms with Gasteiger partial charge < -0.3 is 20.2 Å². The Labute approximate surface area is 351 Å². The van der Waals surface area contributed by atoms with Crippen molar-refractivity contribution in [3.63, 3.8) is 0 Å². The van der Waals surface area contributed by atoms with Crippen LogP contribution in [0.15, 0.2) is 164 Å². The summed E-state index contributed by atoms with van der Waals surface area (Å²) in [5.74, 6) is -0.387. The molecule has 1 atom stereocenters. The molecule has 0 heterocycles. The number of benzene rings is 6. The molecule has 0 saturated heterocycles. The molecule has 4 N–H and O–H groups in total. The van der Waals surface area contributed by atoms with E-state index in [0.29, 0.717) is 31.7 Å². The summed E-state index contributed by atoms with van der Waals surface area (Å²) >= 11 is 0. The van der Waals surface area contributed by atoms with Gasteiger partial charge in [-0.2, -0.15) is 0 Å². The number of carboxylic acid groups (broad SMARTS) is 1. The SMILES string of the molecule is Cc1ccc(C(NCCCCC(NC(=O)O)C(=O)Nc2ccc(CO[Si](c3ccccc3)(c3ccccc3)C(C)(C)C)cc2C)(c2ccccc2)c2ccccc2)cc1. The highest BCUT2D eigenvalue weighted by molar-refractivity contribution is 6.99. The molecule has 6 aromatic carbocycles. The Morgan fingerprint density at radius 3 is 1.66 bits per heavy atom. The molecule has 6 rings (SSSR count). The number of amides is 2. The van der Waals surface area contributed by atoms with Gasteiger partial charge in [0.2, 0.25) is 5.91 Å². The van der Waals surface area contributed by atoms with Crippen LogP contribution in [0.5, 0.6) is 0 Å². The first kappa shape index (κ1) is 42.8. The molecular formula is C51H57N3O4Si. The molecule has 0 aliphatic carbocycles. The van der Waals surface area contributed by atoms with Crippen LogP contribution in [0.25, 0.3) is 0 Å². The Morgan fingerprint density at radius 1 is 0.661 bits per heavy atom. The zero-order chi connectivity index (χ0) is 41.9. The maximum Gasteiger partial charge on any atom is 0.405 e. The quantitative estimate of drug-likeness (QED) is 0.0418. The van der Waals surface area contributed by atoms with E-state index in [1.54, 1.807) is 0 Å². The predicted octanol–water partition coefficient (Wildman–Crippen LogP) is 9.71. The minimum atomic E-state index is -2.74. The van der Waals surface area contributed by atoms with Gasteiger partial charge in [0.25, 0.3) is 8.32 Å². The standard InChI is InChI=1S/C51H57N3O4Si/c1-38-29-32-43(33-30-38)51(41-20-10-6-11-21-41,42-22-12-7-13-23-42)52-35-19-18-28-47(54-49(56)57)48(55)53-46-34-31-40(36-39(46)2)37-58-59(50(3,4)5,44-24-14-8-15-25-44)45-26-16-9-17-27-45/h6-17,20-27,29-34,36,47,52,54H,18-19,28,35,37H2,1-5H3,(H,53,55)(H,56,57). The molecule has 0 aromatic heterocycles. The topological polar surface area (TPSA) is 99.7 Å². The fraction of sp³-hybridized carbons (Fsp3) is 0.255. The highest BCUT2D eigenvalue weighted by Crippen LogP contribution is 2.38. The molecule has 0 aliphatic rings. The number of nitrogens with one attached hydrogen (secondary N) is 3. The van der Waals surface area contributed by atoms with E-state index >= 15 is 0 Å². The van der Waals surface area contributed by atoms with E-state index in [-0.39, 0.29) is 10.9 Å². The monoisotopic (exact) mass is 803 g/mol. The number of carbonyl (C=O) groups is 2. The van der Waals surface area contributed by atoms with Crippen molar-refractivity contribution in [1.82, 2.24) is 10.6 Å². The van der Waals surface area contributed by atoms with Gasteiger partial charge in [-0.15, -0.1) is 0 Å². The Bertz CT molecular complexity index is 2180. The van der Waals surface area contributed by atoms with E-state index in [4.69, 9.17) is 4.43 Å². The van der Waals surface area contributed by atoms with Gasteiger partial charge in [0.15, 0.2) is 0 Å². The number of carbonyl (C=O) groups excluding carboxylic acids is 1. The Kier molecular flexibility index (Phi) is 14.0. The zero-order valence-electron chi connectivity index (χ0n) is 34.9. The summed E-state index contributed by atoms with van der Waals surface area (Å²) in [6, 6.07) is 55.6. The van der Waals surface area contributed by atoms with Crippen molar-refractivity contribution in [2.45, 2.75) is 77.1 Å². The second-order valence-corrected chi connectivity index (χ2v) is 20.7. The summed E-state index contributed by atoms with van der Waals surface area (Å²) < 4.78 is 7.15. The van der Waals surface area contributed by atoms with Crippen molar-refractivity contribution < 1.29 is 19.1 Å². The van der Waals surface area contributed by atoms with Crippen LogP contribution < -0.4 is 26.3 Å². The van der Waals surface area contributed by atoms with Crippen molar-refractivity contribution in [3.8, 4) is 0 Å². The molecule has 59 heavy (non-hydrogen) atoms. The first-order chi connectivity index (χ1) is 28.4. The Balaban J connectivity index is 1.13. The van der Waals surface area contributed by atoms with Gasteiger partial charge >= 0.3 is 6.09 Å². The molecule has 304 valence electrons. The zero-order valence-corrected chi connectivity index (χ0v) is 35.9. The van der Waals surface area contributed by atoms with E-state index in [0.717, 1.165) is 34.2 Å². The van der Waals surface area contributed by atoms with Crippen molar-refractivity contribution in [2.75, 3.05) is 11.9 Å². The van der Waals surface area contributed by atoms with Crippen LogP contribution in [-0.2, 0) is 21.4 Å². The number of anilines is 1. The minimum absolute atomic E-state index is 0.158. The Morgan fingerprint density at radius 2 is 1.17 bits per heavy atom. The van der Waals surface area contributed by atoms with Crippen LogP contribution >= 0.6 is 0 Å². The van der Waals surface area contributed by atoms with Gasteiger partial charge in [0.05, 0.1) is 12.1 Å². The highest BCUT2D eigenvalue weighted by atomic mass is 28.4. The minimum Gasteiger partial charge on any atom is -0.465 e. The number of aryl methyl sites for hydroxylation is 2. The number of rotatable bonds is 17. The second-order valence-electron chi connectivity index (χ2n) is 16.4. The van der Waals surface area contributed by atoms with Crippen molar-refractivity contribution in [1.29, 1.82) is 0 Å². The molecule has 0 aliphatic heterocycles. The van der Waals surface area contributed by atoms with Crippen LogP contribution in [0.4, 0.5) is 10.5 Å². The van der Waals surface area contributed by atoms with Gasteiger partial charge in [0.1, 0.15) is 6.04 Å². The molecule has 0 radical (unpaired) electrons. The van der Waals surface area contributed by atoms with Crippen molar-refractivity contribution >= 4 is 36.4 Å². The summed E-state index contributed by atoms with van der Waals surface area (Å²) in [6.07, 6.45) is 0.452. The van der Waals surface area contributed by atoms with Gasteiger partial charge in [-0.25, -0.2) is 4.79 Å². The molecular weight excluding hydrogens is 747 g/mol. The Hall–Kier alpha value is -5.80. The predicted molar refractivity (Wildman–Crippen MR) is 243 cm³/mol. The van der Waals surface area contributed by atoms with Gasteiger partial charge in [-0.3, -0.25) is 10.1 Å². The molecule has 0 spiro atoms. The first-order valence-corrected chi connectivity index (χ1v) is 22.4. The van der Waals surface area contributed by atoms with E-state index in [2.05, 4.69) is 165 Å². The van der Waals surface area contributed by atoms with Crippen molar-refractivity contribution in [3.05, 3.63) is 197 Å². The summed E-state index contributed by atoms with van der Waals surface area (Å²) in [5.41, 5.74) is 6.44. The van der Waals surface area contributed by atoms with Crippen LogP contribution in [0, 0.1) is 13.8 Å². The average Bonchev–Trinajstić information content (AvgIpc) is 3.24. The van der Waals surface area contributed by atoms with Gasteiger partial charge in [-0.05, 0) is 89.0 Å². The second kappa shape index (κ2) is 19.3. The van der Waals surface area contributed by atoms with E-state index in [1.807, 2.05) is 49.4 Å². The van der Waals surface area contributed by atoms with Gasteiger partial charge in [0, 0.05) is 5.69 Å². The maximum absolute atomic E-state index is 13.7. The molecule has 8 heteroatoms. The number of hydrogen-bond donors (Lipinski definition) is 4. The molecule has 6 aromatic rings. The molecule has 0 bridgehead atoms. The summed E-state index contributed by atoms with van der Waals surface area (Å²) in [4.78, 5) is 25.6. The van der Waals surface area contributed by atoms with Crippen LogP contribution in [-0.4, -0.2) is 38.0 Å². The van der Waals surface area contributed by atoms with E-state index in [9.17, 15) is 14.7 Å². The lowest BCUT2D eigenvalue weighted by Crippen LogP contribution is -2.66. The number of unbranched alkanes of at least 4 members (excludes halogenated alkanes) is 1. The third-order valence-corrected chi connectivity index (χ3v) is 16.2. The van der Waals surface area contributed by atoms with Crippen LogP contribution in [0.1, 0.15) is 73.4 Å².